The van der Waals surface area contributed by atoms with Gasteiger partial charge in [-0.15, -0.1) is 0 Å². The van der Waals surface area contributed by atoms with E-state index in [4.69, 9.17) is 28.6 Å². The fraction of sp³-hybridized carbons (Fsp3) is 0.500. The van der Waals surface area contributed by atoms with Crippen LogP contribution in [-0.2, 0) is 4.79 Å². The first-order valence-electron chi connectivity index (χ1n) is 7.76. The summed E-state index contributed by atoms with van der Waals surface area (Å²) in [5, 5.41) is 9.85. The number of thiocarbonyl (C=S) groups is 1. The van der Waals surface area contributed by atoms with Crippen LogP contribution in [0.1, 0.15) is 32.1 Å². The normalized spacial score (nSPS) is 14.9. The molecule has 0 atom stereocenters. The Morgan fingerprint density at radius 3 is 2.78 bits per heavy atom. The van der Waals surface area contributed by atoms with E-state index in [1.54, 1.807) is 25.3 Å². The Bertz CT molecular complexity index is 562. The average molecular weight is 356 g/mol. The first-order valence-corrected chi connectivity index (χ1v) is 8.55. The summed E-state index contributed by atoms with van der Waals surface area (Å²) >= 11 is 11.2. The minimum absolute atomic E-state index is 0.0425. The van der Waals surface area contributed by atoms with Gasteiger partial charge < -0.3 is 20.7 Å². The number of benzene rings is 1. The average Bonchev–Trinajstić information content (AvgIpc) is 2.54. The van der Waals surface area contributed by atoms with Gasteiger partial charge in [0.15, 0.2) is 5.11 Å². The smallest absolute Gasteiger partial charge is 0.239 e. The zero-order valence-corrected chi connectivity index (χ0v) is 14.7. The molecular weight excluding hydrogens is 334 g/mol. The van der Waals surface area contributed by atoms with Crippen molar-refractivity contribution in [2.45, 2.75) is 38.1 Å². The molecule has 23 heavy (non-hydrogen) atoms. The van der Waals surface area contributed by atoms with Crippen LogP contribution in [0.4, 0.5) is 5.69 Å². The number of anilines is 1. The quantitative estimate of drug-likeness (QED) is 0.708. The molecule has 0 saturated heterocycles. The minimum Gasteiger partial charge on any atom is -0.495 e. The zero-order chi connectivity index (χ0) is 16.7. The number of hydrogen-bond acceptors (Lipinski definition) is 3. The summed E-state index contributed by atoms with van der Waals surface area (Å²) < 4.78 is 5.24. The van der Waals surface area contributed by atoms with Gasteiger partial charge in [0, 0.05) is 11.1 Å². The van der Waals surface area contributed by atoms with Crippen molar-refractivity contribution in [3.63, 3.8) is 0 Å². The fourth-order valence-corrected chi connectivity index (χ4v) is 2.98. The number of nitrogens with one attached hydrogen (secondary N) is 3. The predicted molar refractivity (Wildman–Crippen MR) is 97.2 cm³/mol. The van der Waals surface area contributed by atoms with Crippen LogP contribution in [0.25, 0.3) is 0 Å². The van der Waals surface area contributed by atoms with Crippen LogP contribution >= 0.6 is 23.8 Å². The van der Waals surface area contributed by atoms with Crippen molar-refractivity contribution in [3.05, 3.63) is 23.2 Å². The summed E-state index contributed by atoms with van der Waals surface area (Å²) in [4.78, 5) is 11.9. The molecule has 3 N–H and O–H groups in total. The number of hydrogen-bond donors (Lipinski definition) is 3. The van der Waals surface area contributed by atoms with E-state index in [0.717, 1.165) is 12.8 Å². The molecule has 7 heteroatoms. The van der Waals surface area contributed by atoms with Gasteiger partial charge in [0.25, 0.3) is 0 Å². The maximum absolute atomic E-state index is 11.9. The van der Waals surface area contributed by atoms with Gasteiger partial charge in [-0.05, 0) is 43.3 Å². The summed E-state index contributed by atoms with van der Waals surface area (Å²) in [6.07, 6.45) is 5.77. The number of carbonyl (C=O) groups excluding carboxylic acids is 1. The lowest BCUT2D eigenvalue weighted by atomic mass is 9.95. The second-order valence-electron chi connectivity index (χ2n) is 5.55. The molecule has 1 fully saturated rings. The molecule has 0 radical (unpaired) electrons. The Morgan fingerprint density at radius 1 is 1.35 bits per heavy atom. The molecule has 0 aromatic heterocycles. The molecule has 0 aliphatic heterocycles. The Labute approximate surface area is 147 Å². The van der Waals surface area contributed by atoms with Crippen molar-refractivity contribution in [2.75, 3.05) is 19.0 Å². The lowest BCUT2D eigenvalue weighted by Gasteiger charge is -2.23. The molecule has 1 aromatic rings. The summed E-state index contributed by atoms with van der Waals surface area (Å²) in [7, 11) is 1.57. The van der Waals surface area contributed by atoms with Crippen molar-refractivity contribution in [1.29, 1.82) is 0 Å². The van der Waals surface area contributed by atoms with Crippen LogP contribution in [0.3, 0.4) is 0 Å². The van der Waals surface area contributed by atoms with E-state index in [-0.39, 0.29) is 12.5 Å². The van der Waals surface area contributed by atoms with Crippen molar-refractivity contribution in [1.82, 2.24) is 10.6 Å². The van der Waals surface area contributed by atoms with E-state index in [1.165, 1.54) is 19.3 Å². The van der Waals surface area contributed by atoms with E-state index in [1.807, 2.05) is 0 Å². The molecule has 1 amide bonds. The lowest BCUT2D eigenvalue weighted by Crippen LogP contribution is -2.43. The Balaban J connectivity index is 1.78. The van der Waals surface area contributed by atoms with E-state index in [9.17, 15) is 4.79 Å². The van der Waals surface area contributed by atoms with Gasteiger partial charge in [-0.1, -0.05) is 30.9 Å². The number of methoxy groups -OCH3 is 1. The Hall–Kier alpha value is -1.53. The number of rotatable bonds is 5. The third kappa shape index (κ3) is 5.88. The third-order valence-electron chi connectivity index (χ3n) is 3.79. The summed E-state index contributed by atoms with van der Waals surface area (Å²) in [6, 6.07) is 5.51. The number of ether oxygens (including phenoxy) is 1. The van der Waals surface area contributed by atoms with Gasteiger partial charge in [-0.3, -0.25) is 4.79 Å². The third-order valence-corrected chi connectivity index (χ3v) is 4.27. The van der Waals surface area contributed by atoms with Crippen molar-refractivity contribution in [3.8, 4) is 5.75 Å². The number of carbonyl (C=O) groups is 1. The zero-order valence-electron chi connectivity index (χ0n) is 13.2. The minimum atomic E-state index is -0.0425. The van der Waals surface area contributed by atoms with E-state index in [2.05, 4.69) is 16.0 Å². The van der Waals surface area contributed by atoms with Crippen molar-refractivity contribution in [2.24, 2.45) is 0 Å². The summed E-state index contributed by atoms with van der Waals surface area (Å²) in [5.41, 5.74) is 0.658. The van der Waals surface area contributed by atoms with Gasteiger partial charge in [0.1, 0.15) is 5.75 Å². The molecule has 1 aliphatic rings. The van der Waals surface area contributed by atoms with Crippen LogP contribution in [0.15, 0.2) is 18.2 Å². The maximum Gasteiger partial charge on any atom is 0.239 e. The molecule has 1 saturated carbocycles. The summed E-state index contributed by atoms with van der Waals surface area (Å²) in [6.45, 7) is 0.144. The predicted octanol–water partition coefficient (Wildman–Crippen LogP) is 3.08. The second kappa shape index (κ2) is 8.93. The molecule has 0 unspecified atom stereocenters. The van der Waals surface area contributed by atoms with Crippen LogP contribution < -0.4 is 20.7 Å². The number of amides is 1. The monoisotopic (exact) mass is 355 g/mol. The highest BCUT2D eigenvalue weighted by molar-refractivity contribution is 7.80. The topological polar surface area (TPSA) is 62.4 Å². The largest absolute Gasteiger partial charge is 0.495 e. The molecule has 1 aliphatic carbocycles. The molecule has 1 aromatic carbocycles. The molecule has 5 nitrogen and oxygen atoms in total. The van der Waals surface area contributed by atoms with Gasteiger partial charge in [-0.2, -0.15) is 0 Å². The molecule has 0 spiro atoms. The van der Waals surface area contributed by atoms with Crippen molar-refractivity contribution >= 4 is 40.5 Å². The van der Waals surface area contributed by atoms with Crippen LogP contribution in [0, 0.1) is 0 Å². The van der Waals surface area contributed by atoms with Gasteiger partial charge in [-0.25, -0.2) is 0 Å². The first-order chi connectivity index (χ1) is 11.1. The lowest BCUT2D eigenvalue weighted by molar-refractivity contribution is -0.120. The van der Waals surface area contributed by atoms with Crippen LogP contribution in [0.2, 0.25) is 5.02 Å². The van der Waals surface area contributed by atoms with E-state index < -0.39 is 0 Å². The van der Waals surface area contributed by atoms with E-state index >= 15 is 0 Å². The SMILES string of the molecule is COc1ccc(Cl)cc1NC(=S)NCC(=O)NC1CCCCC1. The second-order valence-corrected chi connectivity index (χ2v) is 6.40. The van der Waals surface area contributed by atoms with Gasteiger partial charge in [0.05, 0.1) is 19.3 Å². The number of halogens is 1. The van der Waals surface area contributed by atoms with E-state index in [0.29, 0.717) is 27.6 Å². The Morgan fingerprint density at radius 2 is 2.09 bits per heavy atom. The highest BCUT2D eigenvalue weighted by atomic mass is 35.5. The molecular formula is C16H22ClN3O2S. The fourth-order valence-electron chi connectivity index (χ4n) is 2.63. The van der Waals surface area contributed by atoms with Crippen LogP contribution in [0.5, 0.6) is 5.75 Å². The highest BCUT2D eigenvalue weighted by Gasteiger charge is 2.15. The van der Waals surface area contributed by atoms with Gasteiger partial charge >= 0.3 is 0 Å². The molecule has 2 rings (SSSR count). The van der Waals surface area contributed by atoms with Crippen LogP contribution in [-0.4, -0.2) is 30.7 Å². The molecule has 0 bridgehead atoms. The maximum atomic E-state index is 11.9. The van der Waals surface area contributed by atoms with Crippen molar-refractivity contribution < 1.29 is 9.53 Å². The molecule has 0 heterocycles. The highest BCUT2D eigenvalue weighted by Crippen LogP contribution is 2.27. The summed E-state index contributed by atoms with van der Waals surface area (Å²) in [5.74, 6) is 0.587. The Kier molecular flexibility index (Phi) is 6.92. The van der Waals surface area contributed by atoms with Gasteiger partial charge in [0.2, 0.25) is 5.91 Å². The molecule has 126 valence electrons. The standard InChI is InChI=1S/C16H22ClN3O2S/c1-22-14-8-7-11(17)9-13(14)20-16(23)18-10-15(21)19-12-5-3-2-4-6-12/h7-9,12H,2-6,10H2,1H3,(H,19,21)(H2,18,20,23). The first kappa shape index (κ1) is 17.8.